The maximum Gasteiger partial charge on any atom is 0.379 e. The van der Waals surface area contributed by atoms with Crippen LogP contribution in [0.3, 0.4) is 0 Å². The Labute approximate surface area is 221 Å². The summed E-state index contributed by atoms with van der Waals surface area (Å²) in [6.45, 7) is 0.326. The Morgan fingerprint density at radius 1 is 1.05 bits per heavy atom. The predicted molar refractivity (Wildman–Crippen MR) is 144 cm³/mol. The van der Waals surface area contributed by atoms with E-state index in [1.165, 1.54) is 37.3 Å². The van der Waals surface area contributed by atoms with E-state index in [4.69, 9.17) is 13.9 Å². The van der Waals surface area contributed by atoms with E-state index in [1.807, 2.05) is 30.3 Å². The van der Waals surface area contributed by atoms with Gasteiger partial charge in [-0.2, -0.15) is 10.1 Å². The summed E-state index contributed by atoms with van der Waals surface area (Å²) in [5.74, 6) is 0.218. The average Bonchev–Trinajstić information content (AvgIpc) is 3.61. The van der Waals surface area contributed by atoms with Crippen LogP contribution in [-0.4, -0.2) is 38.0 Å². The number of nitrogens with one attached hydrogen (secondary N) is 1. The molecule has 0 unspecified atom stereocenters. The molecule has 12 nitrogen and oxygen atoms in total. The van der Waals surface area contributed by atoms with Crippen LogP contribution in [0.4, 0.5) is 5.95 Å². The number of carbonyl (C=O) groups is 1. The highest BCUT2D eigenvalue weighted by Gasteiger charge is 2.19. The Balaban J connectivity index is 1.45. The molecule has 5 rings (SSSR count). The van der Waals surface area contributed by atoms with Gasteiger partial charge >= 0.3 is 11.7 Å². The zero-order valence-electron chi connectivity index (χ0n) is 21.3. The standard InChI is InChI=1S/C27H24N6O6/c1-31-23-22(24(34)32(2)27(31)36)33(16-17-8-5-4-6-9-17)26(29-23)30-28-15-18-11-12-19(21(14-18)37-3)39-25(35)20-10-7-13-38-20/h4-15H,16H2,1-3H3,(H,29,30). The number of benzene rings is 2. The second-order valence-corrected chi connectivity index (χ2v) is 8.53. The molecule has 0 fully saturated rings. The maximum atomic E-state index is 13.0. The van der Waals surface area contributed by atoms with Gasteiger partial charge in [0.05, 0.1) is 26.1 Å². The van der Waals surface area contributed by atoms with Crippen LogP contribution in [0.15, 0.2) is 86.0 Å². The Bertz CT molecular complexity index is 1800. The molecule has 0 atom stereocenters. The molecule has 0 radical (unpaired) electrons. The summed E-state index contributed by atoms with van der Waals surface area (Å²) in [5, 5.41) is 4.29. The lowest BCUT2D eigenvalue weighted by Gasteiger charge is -2.10. The summed E-state index contributed by atoms with van der Waals surface area (Å²) in [7, 11) is 4.44. The number of furan rings is 1. The molecule has 12 heteroatoms. The molecule has 0 saturated heterocycles. The van der Waals surface area contributed by atoms with E-state index in [9.17, 15) is 14.4 Å². The Hall–Kier alpha value is -5.39. The van der Waals surface area contributed by atoms with Crippen molar-refractivity contribution in [2.45, 2.75) is 6.54 Å². The van der Waals surface area contributed by atoms with Crippen molar-refractivity contribution in [2.24, 2.45) is 19.2 Å². The number of esters is 1. The topological polar surface area (TPSA) is 135 Å². The minimum Gasteiger partial charge on any atom is -0.493 e. The summed E-state index contributed by atoms with van der Waals surface area (Å²) in [5.41, 5.74) is 4.02. The molecule has 3 aromatic heterocycles. The quantitative estimate of drug-likeness (QED) is 0.141. The molecule has 2 aromatic carbocycles. The number of hydrogen-bond donors (Lipinski definition) is 1. The molecule has 198 valence electrons. The number of fused-ring (bicyclic) bond motifs is 1. The van der Waals surface area contributed by atoms with Gasteiger partial charge in [-0.3, -0.25) is 18.5 Å². The van der Waals surface area contributed by atoms with E-state index >= 15 is 0 Å². The second-order valence-electron chi connectivity index (χ2n) is 8.53. The number of carbonyl (C=O) groups excluding carboxylic acids is 1. The van der Waals surface area contributed by atoms with E-state index in [0.717, 1.165) is 10.1 Å². The van der Waals surface area contributed by atoms with Crippen molar-refractivity contribution in [3.8, 4) is 11.5 Å². The number of hydrogen-bond acceptors (Lipinski definition) is 9. The molecule has 0 bridgehead atoms. The van der Waals surface area contributed by atoms with Gasteiger partial charge in [0.2, 0.25) is 11.7 Å². The predicted octanol–water partition coefficient (Wildman–Crippen LogP) is 2.75. The largest absolute Gasteiger partial charge is 0.493 e. The molecule has 0 aliphatic carbocycles. The Kier molecular flexibility index (Phi) is 6.83. The fraction of sp³-hybridized carbons (Fsp3) is 0.148. The first-order valence-electron chi connectivity index (χ1n) is 11.8. The number of imidazole rings is 1. The number of nitrogens with zero attached hydrogens (tertiary/aromatic N) is 5. The molecule has 3 heterocycles. The summed E-state index contributed by atoms with van der Waals surface area (Å²) in [4.78, 5) is 42.2. The van der Waals surface area contributed by atoms with Gasteiger partial charge in [-0.25, -0.2) is 15.0 Å². The van der Waals surface area contributed by atoms with E-state index in [0.29, 0.717) is 17.9 Å². The fourth-order valence-corrected chi connectivity index (χ4v) is 4.01. The Morgan fingerprint density at radius 3 is 2.56 bits per heavy atom. The van der Waals surface area contributed by atoms with Crippen LogP contribution in [-0.2, 0) is 20.6 Å². The van der Waals surface area contributed by atoms with Crippen molar-refractivity contribution in [1.29, 1.82) is 0 Å². The number of anilines is 1. The first-order chi connectivity index (χ1) is 18.9. The van der Waals surface area contributed by atoms with Crippen molar-refractivity contribution in [1.82, 2.24) is 18.7 Å². The average molecular weight is 529 g/mol. The van der Waals surface area contributed by atoms with Gasteiger partial charge in [-0.15, -0.1) is 0 Å². The van der Waals surface area contributed by atoms with Crippen molar-refractivity contribution in [3.05, 3.63) is 105 Å². The molecular formula is C27H24N6O6. The third-order valence-corrected chi connectivity index (χ3v) is 6.02. The fourth-order valence-electron chi connectivity index (χ4n) is 4.01. The van der Waals surface area contributed by atoms with Gasteiger partial charge in [0, 0.05) is 14.1 Å². The molecule has 39 heavy (non-hydrogen) atoms. The van der Waals surface area contributed by atoms with Crippen LogP contribution in [0.2, 0.25) is 0 Å². The summed E-state index contributed by atoms with van der Waals surface area (Å²) >= 11 is 0. The maximum absolute atomic E-state index is 13.0. The molecule has 0 spiro atoms. The summed E-state index contributed by atoms with van der Waals surface area (Å²) < 4.78 is 19.8. The lowest BCUT2D eigenvalue weighted by molar-refractivity contribution is 0.0696. The minimum absolute atomic E-state index is 0.0672. The van der Waals surface area contributed by atoms with Gasteiger partial charge in [-0.1, -0.05) is 30.3 Å². The highest BCUT2D eigenvalue weighted by atomic mass is 16.6. The SMILES string of the molecule is COc1cc(C=NNc2nc3c(c(=O)n(C)c(=O)n3C)n2Cc2ccccc2)ccc1OC(=O)c1ccco1. The second kappa shape index (κ2) is 10.5. The zero-order valence-corrected chi connectivity index (χ0v) is 21.3. The highest BCUT2D eigenvalue weighted by molar-refractivity contribution is 5.89. The van der Waals surface area contributed by atoms with Gasteiger partial charge in [0.25, 0.3) is 5.56 Å². The van der Waals surface area contributed by atoms with Crippen LogP contribution in [0.5, 0.6) is 11.5 Å². The lowest BCUT2D eigenvalue weighted by Crippen LogP contribution is -2.37. The number of methoxy groups -OCH3 is 1. The van der Waals surface area contributed by atoms with Gasteiger partial charge in [0.15, 0.2) is 22.7 Å². The smallest absolute Gasteiger partial charge is 0.379 e. The molecule has 0 aliphatic rings. The van der Waals surface area contributed by atoms with Crippen LogP contribution < -0.4 is 26.1 Å². The van der Waals surface area contributed by atoms with Crippen molar-refractivity contribution in [2.75, 3.05) is 12.5 Å². The first-order valence-corrected chi connectivity index (χ1v) is 11.8. The van der Waals surface area contributed by atoms with Gasteiger partial charge in [-0.05, 0) is 41.5 Å². The van der Waals surface area contributed by atoms with E-state index in [-0.39, 0.29) is 28.6 Å². The van der Waals surface area contributed by atoms with Crippen LogP contribution in [0.1, 0.15) is 21.7 Å². The number of aromatic nitrogens is 4. The minimum atomic E-state index is -0.653. The van der Waals surface area contributed by atoms with Crippen LogP contribution >= 0.6 is 0 Å². The van der Waals surface area contributed by atoms with Crippen LogP contribution in [0.25, 0.3) is 11.2 Å². The van der Waals surface area contributed by atoms with Gasteiger partial charge in [0.1, 0.15) is 0 Å². The van der Waals surface area contributed by atoms with E-state index < -0.39 is 17.2 Å². The van der Waals surface area contributed by atoms with E-state index in [2.05, 4.69) is 15.5 Å². The number of hydrazone groups is 1. The third kappa shape index (κ3) is 4.94. The molecule has 5 aromatic rings. The van der Waals surface area contributed by atoms with E-state index in [1.54, 1.807) is 35.9 Å². The molecule has 0 saturated carbocycles. The van der Waals surface area contributed by atoms with Crippen molar-refractivity contribution in [3.63, 3.8) is 0 Å². The first kappa shape index (κ1) is 25.3. The normalized spacial score (nSPS) is 11.3. The van der Waals surface area contributed by atoms with Crippen molar-refractivity contribution >= 4 is 29.3 Å². The van der Waals surface area contributed by atoms with Gasteiger partial charge < -0.3 is 13.9 Å². The number of ether oxygens (including phenoxy) is 2. The van der Waals surface area contributed by atoms with Crippen molar-refractivity contribution < 1.29 is 18.7 Å². The Morgan fingerprint density at radius 2 is 1.85 bits per heavy atom. The summed E-state index contributed by atoms with van der Waals surface area (Å²) in [6, 6.07) is 17.5. The number of rotatable bonds is 8. The molecular weight excluding hydrogens is 504 g/mol. The van der Waals surface area contributed by atoms with Crippen LogP contribution in [0, 0.1) is 0 Å². The molecule has 0 aliphatic heterocycles. The zero-order chi connectivity index (χ0) is 27.5. The highest BCUT2D eigenvalue weighted by Crippen LogP contribution is 2.28. The monoisotopic (exact) mass is 528 g/mol. The molecule has 1 N–H and O–H groups in total. The number of aryl methyl sites for hydroxylation is 1. The third-order valence-electron chi connectivity index (χ3n) is 6.02. The lowest BCUT2D eigenvalue weighted by atomic mass is 10.2. The molecule has 0 amide bonds. The summed E-state index contributed by atoms with van der Waals surface area (Å²) in [6.07, 6.45) is 2.90.